The van der Waals surface area contributed by atoms with Crippen molar-refractivity contribution in [2.24, 2.45) is 23.2 Å². The second kappa shape index (κ2) is 18.5. The van der Waals surface area contributed by atoms with Crippen LogP contribution in [0.3, 0.4) is 0 Å². The van der Waals surface area contributed by atoms with Gasteiger partial charge in [0.1, 0.15) is 17.9 Å². The number of nitrogens with zero attached hydrogens (tertiary/aromatic N) is 1. The number of aliphatic carboxylic acids is 1. The van der Waals surface area contributed by atoms with Gasteiger partial charge in [-0.3, -0.25) is 9.69 Å². The Morgan fingerprint density at radius 2 is 1.83 bits per heavy atom. The minimum Gasteiger partial charge on any atom is -0.482 e. The zero-order valence-corrected chi connectivity index (χ0v) is 31.5. The van der Waals surface area contributed by atoms with Gasteiger partial charge in [-0.25, -0.2) is 9.59 Å². The van der Waals surface area contributed by atoms with E-state index in [0.29, 0.717) is 36.6 Å². The molecule has 0 radical (unpaired) electrons. The molecule has 9 nitrogen and oxygen atoms in total. The Morgan fingerprint density at radius 3 is 2.52 bits per heavy atom. The zero-order valence-electron chi connectivity index (χ0n) is 30.6. The van der Waals surface area contributed by atoms with Gasteiger partial charge in [0.25, 0.3) is 0 Å². The number of hydrogen-bond donors (Lipinski definition) is 4. The molecule has 0 spiro atoms. The number of carbonyl (C=O) groups excluding carboxylic acids is 2. The maximum absolute atomic E-state index is 13.3. The number of hydrogen-bond acceptors (Lipinski definition) is 7. The van der Waals surface area contributed by atoms with Crippen LogP contribution < -0.4 is 15.4 Å². The van der Waals surface area contributed by atoms with Gasteiger partial charge in [-0.05, 0) is 105 Å². The van der Waals surface area contributed by atoms with E-state index in [-0.39, 0.29) is 28.8 Å². The van der Waals surface area contributed by atoms with Gasteiger partial charge < -0.3 is 25.2 Å². The van der Waals surface area contributed by atoms with E-state index in [1.165, 1.54) is 16.0 Å². The molecule has 48 heavy (non-hydrogen) atoms. The number of ether oxygens (including phenoxy) is 2. The summed E-state index contributed by atoms with van der Waals surface area (Å²) in [5, 5.41) is 15.5. The number of benzene rings is 1. The maximum atomic E-state index is 13.3. The van der Waals surface area contributed by atoms with Crippen molar-refractivity contribution < 1.29 is 29.0 Å². The number of carboxylic acids is 1. The quantitative estimate of drug-likeness (QED) is 0.0869. The highest BCUT2D eigenvalue weighted by Crippen LogP contribution is 2.48. The van der Waals surface area contributed by atoms with Crippen LogP contribution in [0, 0.1) is 23.2 Å². The van der Waals surface area contributed by atoms with E-state index in [9.17, 15) is 14.4 Å². The SMILES string of the molecule is CCCCCC(CC[C@H]1CCC2Cc3c(cccc3OCC(=O)O)C[C@@H]21)OC(=O)N(C)C(C)C(=O)NCCNCC(C)(C)CC(C)(C)S. The second-order valence-electron chi connectivity index (χ2n) is 15.7. The first-order chi connectivity index (χ1) is 22.6. The molecule has 1 fully saturated rings. The zero-order chi connectivity index (χ0) is 35.5. The summed E-state index contributed by atoms with van der Waals surface area (Å²) in [6, 6.07) is 5.36. The molecule has 1 aromatic carbocycles. The molecule has 0 bridgehead atoms. The molecule has 2 aliphatic carbocycles. The summed E-state index contributed by atoms with van der Waals surface area (Å²) >= 11 is 4.66. The molecular weight excluding hydrogens is 627 g/mol. The van der Waals surface area contributed by atoms with Gasteiger partial charge in [0.05, 0.1) is 0 Å². The van der Waals surface area contributed by atoms with Crippen LogP contribution in [-0.4, -0.2) is 78.2 Å². The summed E-state index contributed by atoms with van der Waals surface area (Å²) in [6.45, 7) is 14.2. The normalized spacial score (nSPS) is 20.3. The number of unbranched alkanes of at least 4 members (excludes halogenated alkanes) is 2. The standard InChI is InChI=1S/C38H63N3O6S/c1-8-9-10-13-30(47-36(45)41(7)26(2)35(44)40-20-19-39-25-37(3,4)24-38(5,6)48)18-17-27-15-16-29-22-32-28(21-31(27)29)12-11-14-33(32)46-23-34(42)43/h11-12,14,26-27,29-31,39,48H,8-10,13,15-25H2,1-7H3,(H,40,44)(H,42,43)/t26?,27-,29?,30?,31-/m1/s1. The van der Waals surface area contributed by atoms with Crippen LogP contribution in [0.2, 0.25) is 0 Å². The summed E-state index contributed by atoms with van der Waals surface area (Å²) in [6.07, 6.45) is 10.4. The fraction of sp³-hybridized carbons (Fsp3) is 0.763. The van der Waals surface area contributed by atoms with Crippen LogP contribution >= 0.6 is 12.6 Å². The Kier molecular flexibility index (Phi) is 15.4. The lowest BCUT2D eigenvalue weighted by atomic mass is 9.73. The number of likely N-dealkylation sites (N-methyl/N-ethyl adjacent to an activating group) is 1. The van der Waals surface area contributed by atoms with Gasteiger partial charge in [0.2, 0.25) is 5.91 Å². The summed E-state index contributed by atoms with van der Waals surface area (Å²) < 4.78 is 11.7. The Balaban J connectivity index is 1.49. The first kappa shape index (κ1) is 40.0. The van der Waals surface area contributed by atoms with Crippen LogP contribution in [0.25, 0.3) is 0 Å². The van der Waals surface area contributed by atoms with E-state index in [4.69, 9.17) is 14.6 Å². The van der Waals surface area contributed by atoms with Crippen molar-refractivity contribution in [2.45, 2.75) is 129 Å². The lowest BCUT2D eigenvalue weighted by Crippen LogP contribution is -2.48. The molecule has 0 saturated heterocycles. The lowest BCUT2D eigenvalue weighted by Gasteiger charge is -2.33. The van der Waals surface area contributed by atoms with Gasteiger partial charge in [0, 0.05) is 31.4 Å². The number of carboxylic acid groups (broad SMARTS) is 1. The van der Waals surface area contributed by atoms with Gasteiger partial charge in [0.15, 0.2) is 6.61 Å². The lowest BCUT2D eigenvalue weighted by molar-refractivity contribution is -0.139. The van der Waals surface area contributed by atoms with Crippen molar-refractivity contribution in [3.63, 3.8) is 0 Å². The molecule has 3 unspecified atom stereocenters. The number of thiol groups is 1. The fourth-order valence-electron chi connectivity index (χ4n) is 7.94. The van der Waals surface area contributed by atoms with Crippen molar-refractivity contribution in [3.05, 3.63) is 29.3 Å². The van der Waals surface area contributed by atoms with Crippen molar-refractivity contribution in [2.75, 3.05) is 33.3 Å². The minimum absolute atomic E-state index is 0.0431. The molecule has 5 atom stereocenters. The summed E-state index contributed by atoms with van der Waals surface area (Å²) in [5.74, 6) is 1.24. The molecule has 1 saturated carbocycles. The number of rotatable bonds is 20. The summed E-state index contributed by atoms with van der Waals surface area (Å²) in [4.78, 5) is 38.7. The summed E-state index contributed by atoms with van der Waals surface area (Å²) in [5.41, 5.74) is 2.52. The average molecular weight is 690 g/mol. The van der Waals surface area contributed by atoms with E-state index in [1.54, 1.807) is 14.0 Å². The molecule has 0 heterocycles. The third kappa shape index (κ3) is 12.8. The van der Waals surface area contributed by atoms with E-state index in [2.05, 4.69) is 63.9 Å². The van der Waals surface area contributed by atoms with Gasteiger partial charge in [-0.1, -0.05) is 59.6 Å². The van der Waals surface area contributed by atoms with E-state index in [0.717, 1.165) is 77.2 Å². The molecule has 10 heteroatoms. The van der Waals surface area contributed by atoms with Crippen molar-refractivity contribution in [1.29, 1.82) is 0 Å². The molecule has 2 aliphatic rings. The molecular formula is C38H63N3O6S. The van der Waals surface area contributed by atoms with Crippen LogP contribution in [0.1, 0.15) is 110 Å². The second-order valence-corrected chi connectivity index (χ2v) is 16.9. The van der Waals surface area contributed by atoms with Crippen LogP contribution in [0.15, 0.2) is 18.2 Å². The topological polar surface area (TPSA) is 117 Å². The number of carbonyl (C=O) groups is 3. The summed E-state index contributed by atoms with van der Waals surface area (Å²) in [7, 11) is 1.64. The van der Waals surface area contributed by atoms with E-state index < -0.39 is 18.1 Å². The van der Waals surface area contributed by atoms with Crippen molar-refractivity contribution >= 4 is 30.6 Å². The number of fused-ring (bicyclic) bond motifs is 2. The molecule has 3 N–H and O–H groups in total. The minimum atomic E-state index is -0.965. The van der Waals surface area contributed by atoms with Gasteiger partial charge in [-0.2, -0.15) is 12.6 Å². The smallest absolute Gasteiger partial charge is 0.410 e. The molecule has 0 aliphatic heterocycles. The highest BCUT2D eigenvalue weighted by molar-refractivity contribution is 7.81. The van der Waals surface area contributed by atoms with Gasteiger partial charge >= 0.3 is 12.1 Å². The Bertz CT molecular complexity index is 1200. The third-order valence-corrected chi connectivity index (χ3v) is 10.4. The highest BCUT2D eigenvalue weighted by atomic mass is 32.1. The first-order valence-electron chi connectivity index (χ1n) is 18.2. The van der Waals surface area contributed by atoms with E-state index in [1.807, 2.05) is 12.1 Å². The first-order valence-corrected chi connectivity index (χ1v) is 18.6. The highest BCUT2D eigenvalue weighted by Gasteiger charge is 2.40. The van der Waals surface area contributed by atoms with Gasteiger partial charge in [-0.15, -0.1) is 0 Å². The molecule has 1 aromatic rings. The molecule has 272 valence electrons. The molecule has 2 amide bonds. The Hall–Kier alpha value is -2.46. The van der Waals surface area contributed by atoms with E-state index >= 15 is 0 Å². The number of amides is 2. The predicted molar refractivity (Wildman–Crippen MR) is 195 cm³/mol. The van der Waals surface area contributed by atoms with Crippen molar-refractivity contribution in [1.82, 2.24) is 15.5 Å². The van der Waals surface area contributed by atoms with Crippen LogP contribution in [0.4, 0.5) is 4.79 Å². The number of nitrogens with one attached hydrogen (secondary N) is 2. The largest absolute Gasteiger partial charge is 0.482 e. The van der Waals surface area contributed by atoms with Crippen LogP contribution in [-0.2, 0) is 27.2 Å². The molecule has 3 rings (SSSR count). The van der Waals surface area contributed by atoms with Crippen molar-refractivity contribution in [3.8, 4) is 5.75 Å². The monoisotopic (exact) mass is 689 g/mol. The van der Waals surface area contributed by atoms with Crippen LogP contribution in [0.5, 0.6) is 5.75 Å². The fourth-order valence-corrected chi connectivity index (χ4v) is 8.37. The third-order valence-electron chi connectivity index (χ3n) is 10.2. The predicted octanol–water partition coefficient (Wildman–Crippen LogP) is 6.91. The Labute approximate surface area is 295 Å². The molecule has 0 aromatic heterocycles. The average Bonchev–Trinajstić information content (AvgIpc) is 3.40. The Morgan fingerprint density at radius 1 is 1.08 bits per heavy atom. The maximum Gasteiger partial charge on any atom is 0.410 e.